The number of hydrogen-bond donors (Lipinski definition) is 1. The van der Waals surface area contributed by atoms with Gasteiger partial charge in [-0.3, -0.25) is 4.79 Å². The van der Waals surface area contributed by atoms with Gasteiger partial charge in [0.1, 0.15) is 0 Å². The molecule has 116 valence electrons. The van der Waals surface area contributed by atoms with Gasteiger partial charge in [0.15, 0.2) is 0 Å². The van der Waals surface area contributed by atoms with Gasteiger partial charge in [-0.05, 0) is 32.0 Å². The molecule has 0 aliphatic carbocycles. The van der Waals surface area contributed by atoms with Gasteiger partial charge < -0.3 is 10.1 Å². The van der Waals surface area contributed by atoms with Crippen LogP contribution in [0.25, 0.3) is 0 Å². The van der Waals surface area contributed by atoms with Gasteiger partial charge in [-0.15, -0.1) is 11.8 Å². The number of thioether (sulfide) groups is 1. The topological polar surface area (TPSA) is 51.2 Å². The molecule has 1 heterocycles. The van der Waals surface area contributed by atoms with Crippen molar-refractivity contribution in [2.45, 2.75) is 25.3 Å². The number of hydrogen-bond acceptors (Lipinski definition) is 4. The number of amides is 1. The van der Waals surface area contributed by atoms with Gasteiger partial charge in [0.25, 0.3) is 0 Å². The van der Waals surface area contributed by atoms with Crippen molar-refractivity contribution in [1.29, 1.82) is 0 Å². The molecule has 2 aromatic rings. The van der Waals surface area contributed by atoms with E-state index in [1.54, 1.807) is 6.20 Å². The van der Waals surface area contributed by atoms with E-state index in [9.17, 15) is 4.79 Å². The Morgan fingerprint density at radius 2 is 2.05 bits per heavy atom. The third kappa shape index (κ3) is 5.07. The van der Waals surface area contributed by atoms with Gasteiger partial charge in [-0.1, -0.05) is 23.8 Å². The molecule has 0 atom stereocenters. The summed E-state index contributed by atoms with van der Waals surface area (Å²) >= 11 is 1.53. The van der Waals surface area contributed by atoms with Gasteiger partial charge in [-0.25, -0.2) is 4.98 Å². The van der Waals surface area contributed by atoms with Crippen LogP contribution in [-0.4, -0.2) is 23.3 Å². The van der Waals surface area contributed by atoms with E-state index >= 15 is 0 Å². The minimum Gasteiger partial charge on any atom is -0.478 e. The van der Waals surface area contributed by atoms with E-state index in [1.165, 1.54) is 17.3 Å². The van der Waals surface area contributed by atoms with E-state index in [0.29, 0.717) is 24.8 Å². The van der Waals surface area contributed by atoms with Crippen LogP contribution in [0, 0.1) is 6.92 Å². The highest BCUT2D eigenvalue weighted by atomic mass is 32.2. The lowest BCUT2D eigenvalue weighted by Crippen LogP contribution is -2.25. The van der Waals surface area contributed by atoms with E-state index in [-0.39, 0.29) is 5.91 Å². The summed E-state index contributed by atoms with van der Waals surface area (Å²) in [4.78, 5) is 17.2. The van der Waals surface area contributed by atoms with Crippen molar-refractivity contribution in [2.75, 3.05) is 12.4 Å². The maximum Gasteiger partial charge on any atom is 0.230 e. The minimum atomic E-state index is -0.00289. The molecule has 1 aromatic heterocycles. The number of pyridine rings is 1. The van der Waals surface area contributed by atoms with Crippen LogP contribution in [0.5, 0.6) is 5.88 Å². The van der Waals surface area contributed by atoms with E-state index in [4.69, 9.17) is 4.74 Å². The van der Waals surface area contributed by atoms with Crippen molar-refractivity contribution >= 4 is 17.7 Å². The van der Waals surface area contributed by atoms with Gasteiger partial charge in [-0.2, -0.15) is 0 Å². The van der Waals surface area contributed by atoms with Gasteiger partial charge in [0, 0.05) is 23.2 Å². The smallest absolute Gasteiger partial charge is 0.230 e. The van der Waals surface area contributed by atoms with Crippen LogP contribution < -0.4 is 10.1 Å². The molecule has 0 bridgehead atoms. The first-order valence-electron chi connectivity index (χ1n) is 7.22. The van der Waals surface area contributed by atoms with Crippen LogP contribution in [-0.2, 0) is 11.3 Å². The van der Waals surface area contributed by atoms with Crippen molar-refractivity contribution < 1.29 is 9.53 Å². The Hall–Kier alpha value is -2.01. The fourth-order valence-corrected chi connectivity index (χ4v) is 2.58. The minimum absolute atomic E-state index is 0.00289. The molecule has 1 N–H and O–H groups in total. The second kappa shape index (κ2) is 8.44. The van der Waals surface area contributed by atoms with Crippen molar-refractivity contribution in [3.8, 4) is 5.88 Å². The van der Waals surface area contributed by atoms with E-state index in [0.717, 1.165) is 10.5 Å². The first-order chi connectivity index (χ1) is 10.7. The number of nitrogens with zero attached hydrogens (tertiary/aromatic N) is 1. The van der Waals surface area contributed by atoms with Crippen molar-refractivity contribution in [2.24, 2.45) is 0 Å². The molecule has 0 aliphatic rings. The molecule has 4 nitrogen and oxygen atoms in total. The molecule has 0 unspecified atom stereocenters. The Morgan fingerprint density at radius 1 is 1.27 bits per heavy atom. The van der Waals surface area contributed by atoms with Crippen LogP contribution >= 0.6 is 11.8 Å². The Kier molecular flexibility index (Phi) is 6.27. The lowest BCUT2D eigenvalue weighted by molar-refractivity contribution is -0.118. The summed E-state index contributed by atoms with van der Waals surface area (Å²) in [6.07, 6.45) is 1.68. The molecule has 22 heavy (non-hydrogen) atoms. The Labute approximate surface area is 135 Å². The number of ether oxygens (including phenoxy) is 1. The number of nitrogens with one attached hydrogen (secondary N) is 1. The molecule has 0 saturated heterocycles. The molecule has 0 saturated carbocycles. The monoisotopic (exact) mass is 316 g/mol. The molecule has 1 amide bonds. The average molecular weight is 316 g/mol. The Bertz CT molecular complexity index is 614. The summed E-state index contributed by atoms with van der Waals surface area (Å²) in [6, 6.07) is 11.9. The fraction of sp³-hybridized carbons (Fsp3) is 0.294. The summed E-state index contributed by atoms with van der Waals surface area (Å²) in [6.45, 7) is 4.94. The Balaban J connectivity index is 1.81. The second-order valence-electron chi connectivity index (χ2n) is 4.78. The van der Waals surface area contributed by atoms with Crippen LogP contribution in [0.3, 0.4) is 0 Å². The molecular weight excluding hydrogens is 296 g/mol. The molecule has 0 fully saturated rings. The number of aryl methyl sites for hydroxylation is 1. The van der Waals surface area contributed by atoms with Crippen LogP contribution in [0.2, 0.25) is 0 Å². The predicted octanol–water partition coefficient (Wildman–Crippen LogP) is 3.20. The van der Waals surface area contributed by atoms with Gasteiger partial charge in [0.05, 0.1) is 12.4 Å². The van der Waals surface area contributed by atoms with Gasteiger partial charge in [0.2, 0.25) is 11.8 Å². The summed E-state index contributed by atoms with van der Waals surface area (Å²) in [5.74, 6) is 0.973. The second-order valence-corrected chi connectivity index (χ2v) is 5.83. The molecular formula is C17H20N2O2S. The first-order valence-corrected chi connectivity index (χ1v) is 8.20. The highest BCUT2D eigenvalue weighted by Gasteiger charge is 2.07. The quantitative estimate of drug-likeness (QED) is 0.797. The standard InChI is InChI=1S/C17H20N2O2S/c1-3-21-17-14(5-4-10-18-17)11-19-16(20)12-22-15-8-6-13(2)7-9-15/h4-10H,3,11-12H2,1-2H3,(H,19,20). The van der Waals surface area contributed by atoms with Crippen molar-refractivity contribution in [3.63, 3.8) is 0 Å². The van der Waals surface area contributed by atoms with Crippen LogP contribution in [0.15, 0.2) is 47.5 Å². The zero-order valence-electron chi connectivity index (χ0n) is 12.8. The zero-order valence-corrected chi connectivity index (χ0v) is 13.7. The largest absolute Gasteiger partial charge is 0.478 e. The number of benzene rings is 1. The van der Waals surface area contributed by atoms with E-state index in [1.807, 2.05) is 50.2 Å². The van der Waals surface area contributed by atoms with Crippen LogP contribution in [0.4, 0.5) is 0 Å². The Morgan fingerprint density at radius 3 is 2.77 bits per heavy atom. The number of aromatic nitrogens is 1. The fourth-order valence-electron chi connectivity index (χ4n) is 1.85. The lowest BCUT2D eigenvalue weighted by atomic mass is 10.2. The summed E-state index contributed by atoms with van der Waals surface area (Å²) in [5.41, 5.74) is 2.10. The highest BCUT2D eigenvalue weighted by molar-refractivity contribution is 8.00. The molecule has 0 aliphatic heterocycles. The average Bonchev–Trinajstić information content (AvgIpc) is 2.54. The van der Waals surface area contributed by atoms with Crippen molar-refractivity contribution in [1.82, 2.24) is 10.3 Å². The number of carbonyl (C=O) groups excluding carboxylic acids is 1. The van der Waals surface area contributed by atoms with E-state index < -0.39 is 0 Å². The number of carbonyl (C=O) groups is 1. The lowest BCUT2D eigenvalue weighted by Gasteiger charge is -2.09. The maximum absolute atomic E-state index is 11.9. The third-order valence-corrected chi connectivity index (χ3v) is 4.01. The predicted molar refractivity (Wildman–Crippen MR) is 89.2 cm³/mol. The summed E-state index contributed by atoms with van der Waals surface area (Å²) < 4.78 is 5.44. The molecule has 1 aromatic carbocycles. The molecule has 0 spiro atoms. The maximum atomic E-state index is 11.9. The summed E-state index contributed by atoms with van der Waals surface area (Å²) in [7, 11) is 0. The molecule has 0 radical (unpaired) electrons. The number of rotatable bonds is 7. The molecule has 2 rings (SSSR count). The first kappa shape index (κ1) is 16.4. The van der Waals surface area contributed by atoms with Gasteiger partial charge >= 0.3 is 0 Å². The van der Waals surface area contributed by atoms with Crippen molar-refractivity contribution in [3.05, 3.63) is 53.7 Å². The summed E-state index contributed by atoms with van der Waals surface area (Å²) in [5, 5.41) is 2.90. The highest BCUT2D eigenvalue weighted by Crippen LogP contribution is 2.18. The normalized spacial score (nSPS) is 10.3. The third-order valence-electron chi connectivity index (χ3n) is 3.00. The zero-order chi connectivity index (χ0) is 15.8. The SMILES string of the molecule is CCOc1ncccc1CNC(=O)CSc1ccc(C)cc1. The molecule has 5 heteroatoms. The van der Waals surface area contributed by atoms with E-state index in [2.05, 4.69) is 10.3 Å². The van der Waals surface area contributed by atoms with Crippen LogP contribution in [0.1, 0.15) is 18.1 Å².